The lowest BCUT2D eigenvalue weighted by Gasteiger charge is -2.08. The van der Waals surface area contributed by atoms with Crippen molar-refractivity contribution in [3.05, 3.63) is 83.8 Å². The van der Waals surface area contributed by atoms with Crippen LogP contribution < -0.4 is 11.1 Å². The number of nitrogens with one attached hydrogen (secondary N) is 2. The zero-order valence-corrected chi connectivity index (χ0v) is 18.2. The fraction of sp³-hybridized carbons (Fsp3) is 0.240. The van der Waals surface area contributed by atoms with E-state index in [9.17, 15) is 0 Å². The molecule has 0 radical (unpaired) electrons. The molecule has 0 saturated heterocycles. The monoisotopic (exact) mass is 428 g/mol. The van der Waals surface area contributed by atoms with Crippen molar-refractivity contribution in [2.45, 2.75) is 32.7 Å². The van der Waals surface area contributed by atoms with Gasteiger partial charge in [0.15, 0.2) is 5.65 Å². The van der Waals surface area contributed by atoms with E-state index in [4.69, 9.17) is 10.2 Å². The number of aliphatic imine (C=N–C) groups is 1. The molecule has 4 rings (SSSR count). The average Bonchev–Trinajstić information content (AvgIpc) is 3.49. The lowest BCUT2D eigenvalue weighted by Crippen LogP contribution is -2.01. The van der Waals surface area contributed by atoms with Gasteiger partial charge in [-0.3, -0.25) is 4.99 Å². The Morgan fingerprint density at radius 1 is 1.19 bits per heavy atom. The maximum atomic E-state index is 5.78. The van der Waals surface area contributed by atoms with Crippen LogP contribution >= 0.6 is 0 Å². The predicted molar refractivity (Wildman–Crippen MR) is 130 cm³/mol. The summed E-state index contributed by atoms with van der Waals surface area (Å²) in [6.45, 7) is 3.59. The highest BCUT2D eigenvalue weighted by Crippen LogP contribution is 2.21. The van der Waals surface area contributed by atoms with Crippen molar-refractivity contribution in [3.63, 3.8) is 0 Å². The van der Waals surface area contributed by atoms with E-state index in [0.29, 0.717) is 12.2 Å². The summed E-state index contributed by atoms with van der Waals surface area (Å²) in [5.41, 5.74) is 11.5. The van der Waals surface area contributed by atoms with E-state index in [-0.39, 0.29) is 0 Å². The number of H-pyrrole nitrogens is 1. The topological polar surface area (TPSA) is 105 Å². The van der Waals surface area contributed by atoms with Crippen LogP contribution in [0.1, 0.15) is 36.1 Å². The Hall–Kier alpha value is -3.87. The maximum Gasteiger partial charge on any atom is 0.179 e. The smallest absolute Gasteiger partial charge is 0.179 e. The number of anilines is 1. The van der Waals surface area contributed by atoms with Crippen LogP contribution in [0.2, 0.25) is 0 Å². The van der Waals surface area contributed by atoms with Crippen molar-refractivity contribution in [1.82, 2.24) is 15.0 Å². The van der Waals surface area contributed by atoms with E-state index in [2.05, 4.69) is 56.5 Å². The van der Waals surface area contributed by atoms with Gasteiger partial charge in [-0.15, -0.1) is 0 Å². The van der Waals surface area contributed by atoms with Crippen molar-refractivity contribution < 1.29 is 4.42 Å². The number of hydrogen-bond donors (Lipinski definition) is 3. The molecule has 0 fully saturated rings. The third kappa shape index (κ3) is 5.24. The van der Waals surface area contributed by atoms with Crippen LogP contribution in [-0.4, -0.2) is 27.7 Å². The van der Waals surface area contributed by atoms with Crippen LogP contribution in [0.15, 0.2) is 70.5 Å². The Morgan fingerprint density at radius 3 is 2.81 bits per heavy atom. The zero-order valence-electron chi connectivity index (χ0n) is 18.2. The molecule has 0 aliphatic rings. The molecule has 164 valence electrons. The summed E-state index contributed by atoms with van der Waals surface area (Å²) >= 11 is 0. The molecule has 4 aromatic rings. The van der Waals surface area contributed by atoms with Crippen molar-refractivity contribution >= 4 is 28.6 Å². The minimum atomic E-state index is 0.686. The van der Waals surface area contributed by atoms with Gasteiger partial charge >= 0.3 is 0 Å². The first-order chi connectivity index (χ1) is 15.8. The molecule has 0 spiro atoms. The van der Waals surface area contributed by atoms with E-state index >= 15 is 0 Å². The summed E-state index contributed by atoms with van der Waals surface area (Å²) < 4.78 is 5.41. The summed E-state index contributed by atoms with van der Waals surface area (Å²) in [5.74, 6) is 1.85. The van der Waals surface area contributed by atoms with Crippen LogP contribution in [0.3, 0.4) is 0 Å². The largest absolute Gasteiger partial charge is 0.469 e. The van der Waals surface area contributed by atoms with Crippen LogP contribution in [0.4, 0.5) is 5.69 Å². The average molecular weight is 429 g/mol. The van der Waals surface area contributed by atoms with Crippen molar-refractivity contribution in [3.8, 4) is 0 Å². The number of nitrogens with two attached hydrogens (primary N) is 1. The van der Waals surface area contributed by atoms with Gasteiger partial charge in [0.05, 0.1) is 12.0 Å². The van der Waals surface area contributed by atoms with Gasteiger partial charge in [-0.1, -0.05) is 31.2 Å². The Bertz CT molecular complexity index is 1190. The third-order valence-electron chi connectivity index (χ3n) is 5.16. The SMILES string of the molecule is CCCN=C/C(=C\N)c1ccc(CNc2ccnc3nc(CCc4ccco4)[nH]c23)cc1. The fourth-order valence-corrected chi connectivity index (χ4v) is 3.44. The molecule has 7 heteroatoms. The molecule has 0 aliphatic carbocycles. The van der Waals surface area contributed by atoms with Gasteiger partial charge in [-0.2, -0.15) is 0 Å². The number of aryl methyl sites for hydroxylation is 2. The molecule has 4 N–H and O–H groups in total. The van der Waals surface area contributed by atoms with Gasteiger partial charge in [0.2, 0.25) is 0 Å². The highest BCUT2D eigenvalue weighted by atomic mass is 16.3. The Morgan fingerprint density at radius 2 is 2.06 bits per heavy atom. The molecule has 3 aromatic heterocycles. The Labute approximate surface area is 187 Å². The number of pyridine rings is 1. The number of aromatic amines is 1. The summed E-state index contributed by atoms with van der Waals surface area (Å²) in [5, 5.41) is 3.50. The number of imidazole rings is 1. The molecule has 3 heterocycles. The first kappa shape index (κ1) is 21.4. The van der Waals surface area contributed by atoms with Gasteiger partial charge in [-0.25, -0.2) is 9.97 Å². The summed E-state index contributed by atoms with van der Waals surface area (Å²) in [6, 6.07) is 14.2. The number of hydrogen-bond acceptors (Lipinski definition) is 6. The van der Waals surface area contributed by atoms with Gasteiger partial charge in [0, 0.05) is 50.1 Å². The van der Waals surface area contributed by atoms with Crippen molar-refractivity contribution in [2.24, 2.45) is 10.7 Å². The quantitative estimate of drug-likeness (QED) is 0.317. The first-order valence-corrected chi connectivity index (χ1v) is 10.9. The summed E-state index contributed by atoms with van der Waals surface area (Å²) in [4.78, 5) is 16.8. The zero-order chi connectivity index (χ0) is 22.2. The molecule has 0 aliphatic heterocycles. The number of benzene rings is 1. The van der Waals surface area contributed by atoms with Crippen LogP contribution in [0.5, 0.6) is 0 Å². The van der Waals surface area contributed by atoms with Crippen LogP contribution in [-0.2, 0) is 19.4 Å². The van der Waals surface area contributed by atoms with E-state index in [1.165, 1.54) is 0 Å². The van der Waals surface area contributed by atoms with Crippen LogP contribution in [0.25, 0.3) is 16.7 Å². The number of fused-ring (bicyclic) bond motifs is 1. The third-order valence-corrected chi connectivity index (χ3v) is 5.16. The van der Waals surface area contributed by atoms with Gasteiger partial charge in [0.1, 0.15) is 17.1 Å². The Balaban J connectivity index is 1.41. The second-order valence-electron chi connectivity index (χ2n) is 7.53. The lowest BCUT2D eigenvalue weighted by atomic mass is 10.1. The molecule has 7 nitrogen and oxygen atoms in total. The second kappa shape index (κ2) is 10.4. The van der Waals surface area contributed by atoms with Gasteiger partial charge in [-0.05, 0) is 35.7 Å². The van der Waals surface area contributed by atoms with E-state index in [1.54, 1.807) is 18.7 Å². The minimum absolute atomic E-state index is 0.686. The Kier molecular flexibility index (Phi) is 6.97. The number of rotatable bonds is 10. The number of aromatic nitrogens is 3. The number of allylic oxidation sites excluding steroid dienone is 1. The number of nitrogens with zero attached hydrogens (tertiary/aromatic N) is 3. The van der Waals surface area contributed by atoms with Gasteiger partial charge < -0.3 is 20.5 Å². The molecule has 0 bridgehead atoms. The minimum Gasteiger partial charge on any atom is -0.469 e. The highest BCUT2D eigenvalue weighted by Gasteiger charge is 2.09. The summed E-state index contributed by atoms with van der Waals surface area (Å²) in [7, 11) is 0. The van der Waals surface area contributed by atoms with Crippen LogP contribution in [0, 0.1) is 0 Å². The van der Waals surface area contributed by atoms with E-state index in [1.807, 2.05) is 24.4 Å². The fourth-order valence-electron chi connectivity index (χ4n) is 3.44. The molecule has 32 heavy (non-hydrogen) atoms. The molecular weight excluding hydrogens is 400 g/mol. The predicted octanol–water partition coefficient (Wildman–Crippen LogP) is 4.73. The summed E-state index contributed by atoms with van der Waals surface area (Å²) in [6.07, 6.45) is 9.49. The molecule has 0 atom stereocenters. The first-order valence-electron chi connectivity index (χ1n) is 10.9. The second-order valence-corrected chi connectivity index (χ2v) is 7.53. The van der Waals surface area contributed by atoms with E-state index in [0.717, 1.165) is 65.3 Å². The molecular formula is C25H28N6O. The molecule has 0 unspecified atom stereocenters. The van der Waals surface area contributed by atoms with Crippen molar-refractivity contribution in [1.29, 1.82) is 0 Å². The maximum absolute atomic E-state index is 5.78. The molecule has 0 amide bonds. The molecule has 1 aromatic carbocycles. The molecule has 0 saturated carbocycles. The van der Waals surface area contributed by atoms with Crippen molar-refractivity contribution in [2.75, 3.05) is 11.9 Å². The highest BCUT2D eigenvalue weighted by molar-refractivity contribution is 6.09. The number of furan rings is 1. The lowest BCUT2D eigenvalue weighted by molar-refractivity contribution is 0.507. The normalized spacial score (nSPS) is 12.1. The van der Waals surface area contributed by atoms with E-state index < -0.39 is 0 Å². The standard InChI is InChI=1S/C25H28N6O/c1-2-12-27-17-20(15-26)19-7-5-18(6-8-19)16-29-22-11-13-28-25-24(22)30-23(31-25)10-9-21-4-3-14-32-21/h3-8,11,13-15,17H,2,9-10,12,16,26H2,1H3,(H2,28,29,30,31)/b20-15+,27-17?. The van der Waals surface area contributed by atoms with Gasteiger partial charge in [0.25, 0.3) is 0 Å².